The number of hydrogen-bond acceptors (Lipinski definition) is 4. The van der Waals surface area contributed by atoms with Crippen molar-refractivity contribution >= 4 is 5.91 Å². The summed E-state index contributed by atoms with van der Waals surface area (Å²) in [6.45, 7) is 1.92. The van der Waals surface area contributed by atoms with E-state index >= 15 is 0 Å². The Kier molecular flexibility index (Phi) is 5.60. The SMILES string of the molecule is COCCCNC(=O)CN(C)C1CC2CCC(C1)N2. The van der Waals surface area contributed by atoms with Crippen LogP contribution in [0.2, 0.25) is 0 Å². The lowest BCUT2D eigenvalue weighted by atomic mass is 9.98. The molecule has 0 radical (unpaired) electrons. The van der Waals surface area contributed by atoms with Crippen molar-refractivity contribution in [3.8, 4) is 0 Å². The Morgan fingerprint density at radius 3 is 2.68 bits per heavy atom. The Morgan fingerprint density at radius 2 is 2.05 bits per heavy atom. The van der Waals surface area contributed by atoms with E-state index in [4.69, 9.17) is 4.74 Å². The van der Waals surface area contributed by atoms with Crippen LogP contribution in [0.15, 0.2) is 0 Å². The molecule has 2 atom stereocenters. The summed E-state index contributed by atoms with van der Waals surface area (Å²) >= 11 is 0. The fourth-order valence-electron chi connectivity index (χ4n) is 3.24. The number of ether oxygens (including phenoxy) is 1. The van der Waals surface area contributed by atoms with E-state index in [0.717, 1.165) is 6.42 Å². The molecule has 2 N–H and O–H groups in total. The molecule has 110 valence electrons. The zero-order chi connectivity index (χ0) is 13.7. The van der Waals surface area contributed by atoms with Crippen molar-refractivity contribution < 1.29 is 9.53 Å². The van der Waals surface area contributed by atoms with Crippen LogP contribution in [-0.2, 0) is 9.53 Å². The van der Waals surface area contributed by atoms with Crippen molar-refractivity contribution in [1.29, 1.82) is 0 Å². The Balaban J connectivity index is 1.65. The van der Waals surface area contributed by atoms with Crippen LogP contribution >= 0.6 is 0 Å². The van der Waals surface area contributed by atoms with Crippen molar-refractivity contribution in [2.24, 2.45) is 0 Å². The molecule has 5 nitrogen and oxygen atoms in total. The molecule has 2 fully saturated rings. The first kappa shape index (κ1) is 14.8. The van der Waals surface area contributed by atoms with Gasteiger partial charge in [-0.25, -0.2) is 0 Å². The number of nitrogens with zero attached hydrogens (tertiary/aromatic N) is 1. The average molecular weight is 269 g/mol. The van der Waals surface area contributed by atoms with Gasteiger partial charge in [-0.1, -0.05) is 0 Å². The van der Waals surface area contributed by atoms with Crippen LogP contribution in [0.4, 0.5) is 0 Å². The van der Waals surface area contributed by atoms with Gasteiger partial charge in [-0.2, -0.15) is 0 Å². The highest BCUT2D eigenvalue weighted by Gasteiger charge is 2.35. The van der Waals surface area contributed by atoms with Gasteiger partial charge in [0.15, 0.2) is 0 Å². The highest BCUT2D eigenvalue weighted by molar-refractivity contribution is 5.77. The van der Waals surface area contributed by atoms with Gasteiger partial charge >= 0.3 is 0 Å². The molecule has 2 aliphatic rings. The van der Waals surface area contributed by atoms with Gasteiger partial charge in [-0.3, -0.25) is 9.69 Å². The van der Waals surface area contributed by atoms with E-state index in [9.17, 15) is 4.79 Å². The summed E-state index contributed by atoms with van der Waals surface area (Å²) in [4.78, 5) is 14.0. The van der Waals surface area contributed by atoms with Crippen LogP contribution in [-0.4, -0.2) is 62.8 Å². The maximum absolute atomic E-state index is 11.8. The van der Waals surface area contributed by atoms with Gasteiger partial charge in [0.2, 0.25) is 5.91 Å². The lowest BCUT2D eigenvalue weighted by Crippen LogP contribution is -2.49. The second-order valence-corrected chi connectivity index (χ2v) is 5.87. The smallest absolute Gasteiger partial charge is 0.234 e. The minimum atomic E-state index is 0.129. The van der Waals surface area contributed by atoms with Crippen LogP contribution in [0, 0.1) is 0 Å². The molecular weight excluding hydrogens is 242 g/mol. The number of likely N-dealkylation sites (N-methyl/N-ethyl adjacent to an activating group) is 1. The lowest BCUT2D eigenvalue weighted by molar-refractivity contribution is -0.122. The average Bonchev–Trinajstić information content (AvgIpc) is 2.73. The molecule has 0 spiro atoms. The number of piperidine rings is 1. The summed E-state index contributed by atoms with van der Waals surface area (Å²) in [5, 5.41) is 6.58. The van der Waals surface area contributed by atoms with Gasteiger partial charge < -0.3 is 15.4 Å². The van der Waals surface area contributed by atoms with E-state index in [1.807, 2.05) is 0 Å². The minimum absolute atomic E-state index is 0.129. The van der Waals surface area contributed by atoms with E-state index in [0.29, 0.717) is 37.8 Å². The summed E-state index contributed by atoms with van der Waals surface area (Å²) in [6, 6.07) is 1.91. The van der Waals surface area contributed by atoms with Gasteiger partial charge in [0, 0.05) is 38.4 Å². The number of fused-ring (bicyclic) bond motifs is 2. The first-order valence-corrected chi connectivity index (χ1v) is 7.41. The van der Waals surface area contributed by atoms with E-state index in [-0.39, 0.29) is 5.91 Å². The van der Waals surface area contributed by atoms with Crippen LogP contribution in [0.5, 0.6) is 0 Å². The van der Waals surface area contributed by atoms with Crippen LogP contribution in [0.25, 0.3) is 0 Å². The Morgan fingerprint density at radius 1 is 1.37 bits per heavy atom. The first-order valence-electron chi connectivity index (χ1n) is 7.41. The first-order chi connectivity index (χ1) is 9.19. The number of carbonyl (C=O) groups is 1. The molecule has 0 aromatic rings. The molecule has 19 heavy (non-hydrogen) atoms. The summed E-state index contributed by atoms with van der Waals surface area (Å²) in [6.07, 6.45) is 5.85. The number of hydrogen-bond donors (Lipinski definition) is 2. The van der Waals surface area contributed by atoms with Crippen LogP contribution < -0.4 is 10.6 Å². The largest absolute Gasteiger partial charge is 0.385 e. The summed E-state index contributed by atoms with van der Waals surface area (Å²) in [5.74, 6) is 0.129. The van der Waals surface area contributed by atoms with Crippen molar-refractivity contribution in [2.45, 2.75) is 50.2 Å². The number of nitrogens with one attached hydrogen (secondary N) is 2. The highest BCUT2D eigenvalue weighted by Crippen LogP contribution is 2.28. The monoisotopic (exact) mass is 269 g/mol. The summed E-state index contributed by atoms with van der Waals surface area (Å²) in [7, 11) is 3.76. The Bertz CT molecular complexity index is 286. The topological polar surface area (TPSA) is 53.6 Å². The Hall–Kier alpha value is -0.650. The van der Waals surface area contributed by atoms with E-state index in [1.54, 1.807) is 7.11 Å². The maximum Gasteiger partial charge on any atom is 0.234 e. The fraction of sp³-hybridized carbons (Fsp3) is 0.929. The third-order valence-electron chi connectivity index (χ3n) is 4.31. The van der Waals surface area contributed by atoms with Gasteiger partial charge in [0.05, 0.1) is 6.54 Å². The van der Waals surface area contributed by atoms with Gasteiger partial charge in [-0.15, -0.1) is 0 Å². The maximum atomic E-state index is 11.8. The minimum Gasteiger partial charge on any atom is -0.385 e. The third-order valence-corrected chi connectivity index (χ3v) is 4.31. The van der Waals surface area contributed by atoms with Gasteiger partial charge in [0.1, 0.15) is 0 Å². The summed E-state index contributed by atoms with van der Waals surface area (Å²) in [5.41, 5.74) is 0. The highest BCUT2D eigenvalue weighted by atomic mass is 16.5. The van der Waals surface area contributed by atoms with Crippen molar-refractivity contribution in [3.63, 3.8) is 0 Å². The normalized spacial score (nSPS) is 29.7. The Labute approximate surface area is 116 Å². The molecule has 0 aliphatic carbocycles. The second-order valence-electron chi connectivity index (χ2n) is 5.87. The lowest BCUT2D eigenvalue weighted by Gasteiger charge is -2.35. The second kappa shape index (κ2) is 7.22. The molecule has 5 heteroatoms. The number of amides is 1. The predicted molar refractivity (Wildman–Crippen MR) is 75.1 cm³/mol. The van der Waals surface area contributed by atoms with Crippen molar-refractivity contribution in [3.05, 3.63) is 0 Å². The molecule has 0 aromatic carbocycles. The molecule has 2 bridgehead atoms. The molecule has 0 aromatic heterocycles. The van der Waals surface area contributed by atoms with Crippen molar-refractivity contribution in [2.75, 3.05) is 33.9 Å². The van der Waals surface area contributed by atoms with Crippen LogP contribution in [0.1, 0.15) is 32.1 Å². The summed E-state index contributed by atoms with van der Waals surface area (Å²) < 4.78 is 4.96. The van der Waals surface area contributed by atoms with Crippen molar-refractivity contribution in [1.82, 2.24) is 15.5 Å². The van der Waals surface area contributed by atoms with Crippen LogP contribution in [0.3, 0.4) is 0 Å². The van der Waals surface area contributed by atoms with Gasteiger partial charge in [0.25, 0.3) is 0 Å². The fourth-order valence-corrected chi connectivity index (χ4v) is 3.24. The van der Waals surface area contributed by atoms with E-state index < -0.39 is 0 Å². The quantitative estimate of drug-likeness (QED) is 0.655. The number of methoxy groups -OCH3 is 1. The molecule has 2 rings (SSSR count). The molecule has 2 heterocycles. The number of carbonyl (C=O) groups excluding carboxylic acids is 1. The number of rotatable bonds is 7. The zero-order valence-electron chi connectivity index (χ0n) is 12.2. The molecular formula is C14H27N3O2. The molecule has 1 amide bonds. The third kappa shape index (κ3) is 4.44. The molecule has 2 aliphatic heterocycles. The van der Waals surface area contributed by atoms with E-state index in [2.05, 4.69) is 22.6 Å². The zero-order valence-corrected chi connectivity index (χ0v) is 12.2. The molecule has 0 saturated carbocycles. The molecule has 2 saturated heterocycles. The van der Waals surface area contributed by atoms with Gasteiger partial charge in [-0.05, 0) is 39.2 Å². The molecule has 2 unspecified atom stereocenters. The predicted octanol–water partition coefficient (Wildman–Crippen LogP) is 0.354. The van der Waals surface area contributed by atoms with E-state index in [1.165, 1.54) is 25.7 Å². The standard InChI is InChI=1S/C14H27N3O2/c1-17(10-14(18)15-6-3-7-19-2)13-8-11-4-5-12(9-13)16-11/h11-13,16H,3-10H2,1-2H3,(H,15,18).